The zero-order chi connectivity index (χ0) is 19.8. The number of carbonyl (C=O) groups excluding carboxylic acids is 2. The van der Waals surface area contributed by atoms with Crippen LogP contribution in [-0.4, -0.2) is 23.5 Å². The number of hydrogen-bond donors (Lipinski definition) is 1. The molecule has 28 heavy (non-hydrogen) atoms. The van der Waals surface area contributed by atoms with Crippen LogP contribution >= 0.6 is 11.6 Å². The van der Waals surface area contributed by atoms with Crippen molar-refractivity contribution < 1.29 is 19.1 Å². The maximum absolute atomic E-state index is 12.4. The summed E-state index contributed by atoms with van der Waals surface area (Å²) in [5, 5.41) is 2.69. The highest BCUT2D eigenvalue weighted by atomic mass is 35.5. The number of esters is 1. The van der Waals surface area contributed by atoms with Crippen LogP contribution in [0.2, 0.25) is 5.15 Å². The van der Waals surface area contributed by atoms with Crippen molar-refractivity contribution >= 4 is 29.2 Å². The highest BCUT2D eigenvalue weighted by Gasteiger charge is 2.16. The number of anilines is 1. The Morgan fingerprint density at radius 2 is 1.71 bits per heavy atom. The number of ether oxygens (including phenoxy) is 2. The smallest absolute Gasteiger partial charge is 0.342 e. The molecule has 3 aromatic rings. The van der Waals surface area contributed by atoms with E-state index < -0.39 is 18.5 Å². The molecule has 142 valence electrons. The number of hydrogen-bond acceptors (Lipinski definition) is 5. The Morgan fingerprint density at radius 3 is 2.50 bits per heavy atom. The van der Waals surface area contributed by atoms with E-state index in [2.05, 4.69) is 10.3 Å². The van der Waals surface area contributed by atoms with Gasteiger partial charge in [0.1, 0.15) is 17.9 Å². The minimum atomic E-state index is -0.656. The Labute approximate surface area is 167 Å². The predicted molar refractivity (Wildman–Crippen MR) is 105 cm³/mol. The Balaban J connectivity index is 1.58. The number of rotatable bonds is 7. The van der Waals surface area contributed by atoms with Gasteiger partial charge >= 0.3 is 5.97 Å². The first kappa shape index (κ1) is 19.4. The van der Waals surface area contributed by atoms with Gasteiger partial charge in [-0.2, -0.15) is 0 Å². The summed E-state index contributed by atoms with van der Waals surface area (Å²) in [6.45, 7) is -0.151. The Kier molecular flexibility index (Phi) is 6.59. The van der Waals surface area contributed by atoms with Gasteiger partial charge in [0, 0.05) is 6.20 Å². The molecule has 1 N–H and O–H groups in total. The second kappa shape index (κ2) is 9.53. The molecular formula is C21H17ClN2O4. The minimum Gasteiger partial charge on any atom is -0.488 e. The lowest BCUT2D eigenvalue weighted by atomic mass is 10.2. The van der Waals surface area contributed by atoms with Crippen molar-refractivity contribution in [2.45, 2.75) is 6.61 Å². The number of pyridine rings is 1. The Morgan fingerprint density at radius 1 is 0.964 bits per heavy atom. The van der Waals surface area contributed by atoms with Crippen LogP contribution in [0.4, 0.5) is 5.69 Å². The molecule has 0 unspecified atom stereocenters. The van der Waals surface area contributed by atoms with Crippen LogP contribution < -0.4 is 10.1 Å². The van der Waals surface area contributed by atoms with Crippen molar-refractivity contribution in [1.82, 2.24) is 4.98 Å². The van der Waals surface area contributed by atoms with Gasteiger partial charge in [0.05, 0.1) is 5.69 Å². The standard InChI is InChI=1S/C21H17ClN2O4/c22-20-17(10-6-12-23-20)24-19(25)14-28-21(26)16-9-4-5-11-18(16)27-13-15-7-2-1-3-8-15/h1-12H,13-14H2,(H,24,25). The van der Waals surface area contributed by atoms with E-state index in [1.54, 1.807) is 36.4 Å². The molecule has 0 atom stereocenters. The number of halogens is 1. The van der Waals surface area contributed by atoms with Crippen molar-refractivity contribution in [3.63, 3.8) is 0 Å². The highest BCUT2D eigenvalue weighted by Crippen LogP contribution is 2.21. The molecule has 0 radical (unpaired) electrons. The average molecular weight is 397 g/mol. The molecule has 1 aromatic heterocycles. The van der Waals surface area contributed by atoms with Crippen molar-refractivity contribution in [2.24, 2.45) is 0 Å². The summed E-state index contributed by atoms with van der Waals surface area (Å²) >= 11 is 5.88. The van der Waals surface area contributed by atoms with E-state index in [4.69, 9.17) is 21.1 Å². The van der Waals surface area contributed by atoms with Gasteiger partial charge in [0.15, 0.2) is 11.8 Å². The van der Waals surface area contributed by atoms with Gasteiger partial charge in [-0.25, -0.2) is 9.78 Å². The number of carbonyl (C=O) groups is 2. The first-order chi connectivity index (χ1) is 13.6. The molecule has 7 heteroatoms. The lowest BCUT2D eigenvalue weighted by molar-refractivity contribution is -0.119. The van der Waals surface area contributed by atoms with Gasteiger partial charge in [-0.3, -0.25) is 4.79 Å². The van der Waals surface area contributed by atoms with Gasteiger partial charge in [-0.05, 0) is 29.8 Å². The third kappa shape index (κ3) is 5.31. The summed E-state index contributed by atoms with van der Waals surface area (Å²) in [6.07, 6.45) is 1.50. The largest absolute Gasteiger partial charge is 0.488 e. The molecule has 0 aliphatic rings. The van der Waals surface area contributed by atoms with Crippen LogP contribution in [0.1, 0.15) is 15.9 Å². The summed E-state index contributed by atoms with van der Waals surface area (Å²) in [5.74, 6) is -0.797. The third-order valence-corrected chi connectivity index (χ3v) is 4.01. The molecule has 6 nitrogen and oxygen atoms in total. The number of para-hydroxylation sites is 1. The molecule has 3 rings (SSSR count). The molecule has 0 saturated heterocycles. The van der Waals surface area contributed by atoms with E-state index in [1.165, 1.54) is 6.20 Å². The second-order valence-corrected chi connectivity index (χ2v) is 6.09. The SMILES string of the molecule is O=C(COC(=O)c1ccccc1OCc1ccccc1)Nc1cccnc1Cl. The van der Waals surface area contributed by atoms with Crippen molar-refractivity contribution in [3.8, 4) is 5.75 Å². The van der Waals surface area contributed by atoms with E-state index >= 15 is 0 Å². The van der Waals surface area contributed by atoms with Crippen LogP contribution in [0.25, 0.3) is 0 Å². The molecule has 2 aromatic carbocycles. The lowest BCUT2D eigenvalue weighted by Crippen LogP contribution is -2.21. The quantitative estimate of drug-likeness (QED) is 0.480. The fraction of sp³-hybridized carbons (Fsp3) is 0.0952. The summed E-state index contributed by atoms with van der Waals surface area (Å²) in [7, 11) is 0. The Bertz CT molecular complexity index is 963. The van der Waals surface area contributed by atoms with E-state index in [1.807, 2.05) is 30.3 Å². The molecular weight excluding hydrogens is 380 g/mol. The second-order valence-electron chi connectivity index (χ2n) is 5.74. The summed E-state index contributed by atoms with van der Waals surface area (Å²) in [4.78, 5) is 28.2. The summed E-state index contributed by atoms with van der Waals surface area (Å²) in [6, 6.07) is 19.5. The number of benzene rings is 2. The zero-order valence-electron chi connectivity index (χ0n) is 14.8. The van der Waals surface area contributed by atoms with Gasteiger partial charge in [-0.1, -0.05) is 54.1 Å². The molecule has 1 amide bonds. The van der Waals surface area contributed by atoms with Crippen LogP contribution in [0.15, 0.2) is 72.9 Å². The zero-order valence-corrected chi connectivity index (χ0v) is 15.6. The van der Waals surface area contributed by atoms with Gasteiger partial charge in [0.25, 0.3) is 5.91 Å². The first-order valence-electron chi connectivity index (χ1n) is 8.47. The van der Waals surface area contributed by atoms with Crippen LogP contribution in [0.5, 0.6) is 5.75 Å². The maximum atomic E-state index is 12.4. The van der Waals surface area contributed by atoms with Gasteiger partial charge in [-0.15, -0.1) is 0 Å². The molecule has 0 spiro atoms. The molecule has 1 heterocycles. The third-order valence-electron chi connectivity index (χ3n) is 3.71. The number of nitrogens with zero attached hydrogens (tertiary/aromatic N) is 1. The molecule has 0 aliphatic heterocycles. The van der Waals surface area contributed by atoms with Gasteiger partial charge < -0.3 is 14.8 Å². The van der Waals surface area contributed by atoms with E-state index in [0.29, 0.717) is 18.0 Å². The first-order valence-corrected chi connectivity index (χ1v) is 8.84. The maximum Gasteiger partial charge on any atom is 0.342 e. The van der Waals surface area contributed by atoms with Crippen LogP contribution in [0.3, 0.4) is 0 Å². The predicted octanol–water partition coefficient (Wildman–Crippen LogP) is 4.11. The topological polar surface area (TPSA) is 77.5 Å². The lowest BCUT2D eigenvalue weighted by Gasteiger charge is -2.11. The molecule has 0 bridgehead atoms. The normalized spacial score (nSPS) is 10.2. The highest BCUT2D eigenvalue weighted by molar-refractivity contribution is 6.32. The summed E-state index contributed by atoms with van der Waals surface area (Å²) < 4.78 is 10.8. The monoisotopic (exact) mass is 396 g/mol. The van der Waals surface area contributed by atoms with Crippen LogP contribution in [0, 0.1) is 0 Å². The van der Waals surface area contributed by atoms with Crippen molar-refractivity contribution in [1.29, 1.82) is 0 Å². The number of aromatic nitrogens is 1. The summed E-state index contributed by atoms with van der Waals surface area (Å²) in [5.41, 5.74) is 1.56. The van der Waals surface area contributed by atoms with E-state index in [9.17, 15) is 9.59 Å². The van der Waals surface area contributed by atoms with E-state index in [-0.39, 0.29) is 10.7 Å². The fourth-order valence-corrected chi connectivity index (χ4v) is 2.54. The minimum absolute atomic E-state index is 0.154. The van der Waals surface area contributed by atoms with E-state index in [0.717, 1.165) is 5.56 Å². The fourth-order valence-electron chi connectivity index (χ4n) is 2.37. The molecule has 0 aliphatic carbocycles. The van der Waals surface area contributed by atoms with Crippen molar-refractivity contribution in [2.75, 3.05) is 11.9 Å². The Hall–Kier alpha value is -3.38. The van der Waals surface area contributed by atoms with Crippen molar-refractivity contribution in [3.05, 3.63) is 89.2 Å². The average Bonchev–Trinajstić information content (AvgIpc) is 2.73. The number of amides is 1. The van der Waals surface area contributed by atoms with Gasteiger partial charge in [0.2, 0.25) is 0 Å². The molecule has 0 saturated carbocycles. The molecule has 0 fully saturated rings. The number of nitrogens with one attached hydrogen (secondary N) is 1. The van der Waals surface area contributed by atoms with Crippen LogP contribution in [-0.2, 0) is 16.1 Å².